The standard InChI is InChI=1S/C12H16BrClN2O.ClH/c1-8(15)6-12(17)16-5-4-9-7-10(14)2-3-11(9)13;/h2-3,7-8H,4-6,15H2,1H3,(H,16,17);1H. The molecule has 0 aliphatic carbocycles. The van der Waals surface area contributed by atoms with Gasteiger partial charge >= 0.3 is 0 Å². The van der Waals surface area contributed by atoms with E-state index >= 15 is 0 Å². The van der Waals surface area contributed by atoms with Crippen LogP contribution in [0.3, 0.4) is 0 Å². The van der Waals surface area contributed by atoms with Crippen LogP contribution in [0.25, 0.3) is 0 Å². The van der Waals surface area contributed by atoms with E-state index in [0.717, 1.165) is 16.5 Å². The third kappa shape index (κ3) is 6.59. The first-order chi connectivity index (χ1) is 7.99. The number of hydrogen-bond acceptors (Lipinski definition) is 2. The highest BCUT2D eigenvalue weighted by molar-refractivity contribution is 9.10. The molecule has 0 aromatic heterocycles. The molecule has 0 radical (unpaired) electrons. The molecule has 0 aliphatic heterocycles. The Kier molecular flexibility index (Phi) is 8.61. The van der Waals surface area contributed by atoms with Gasteiger partial charge < -0.3 is 11.1 Å². The molecule has 0 bridgehead atoms. The summed E-state index contributed by atoms with van der Waals surface area (Å²) in [5.41, 5.74) is 6.62. The molecule has 3 nitrogen and oxygen atoms in total. The van der Waals surface area contributed by atoms with Gasteiger partial charge in [-0.2, -0.15) is 0 Å². The molecular formula is C12H17BrCl2N2O. The van der Waals surface area contributed by atoms with E-state index in [4.69, 9.17) is 17.3 Å². The van der Waals surface area contributed by atoms with Gasteiger partial charge in [-0.1, -0.05) is 27.5 Å². The van der Waals surface area contributed by atoms with Crippen molar-refractivity contribution >= 4 is 45.8 Å². The normalized spacial score (nSPS) is 11.6. The maximum Gasteiger partial charge on any atom is 0.221 e. The summed E-state index contributed by atoms with van der Waals surface area (Å²) in [5, 5.41) is 3.53. The lowest BCUT2D eigenvalue weighted by Gasteiger charge is -2.08. The van der Waals surface area contributed by atoms with Crippen molar-refractivity contribution in [3.05, 3.63) is 33.3 Å². The van der Waals surface area contributed by atoms with E-state index in [0.29, 0.717) is 18.0 Å². The molecule has 1 rings (SSSR count). The largest absolute Gasteiger partial charge is 0.356 e. The van der Waals surface area contributed by atoms with Crippen molar-refractivity contribution in [2.45, 2.75) is 25.8 Å². The van der Waals surface area contributed by atoms with Crippen molar-refractivity contribution in [1.29, 1.82) is 0 Å². The molecule has 0 spiro atoms. The fourth-order valence-corrected chi connectivity index (χ4v) is 2.08. The first kappa shape index (κ1) is 17.7. The maximum atomic E-state index is 11.4. The summed E-state index contributed by atoms with van der Waals surface area (Å²) in [4.78, 5) is 11.4. The zero-order valence-electron chi connectivity index (χ0n) is 10.1. The van der Waals surface area contributed by atoms with Gasteiger partial charge in [0.15, 0.2) is 0 Å². The molecule has 3 N–H and O–H groups in total. The minimum absolute atomic E-state index is 0. The molecule has 0 fully saturated rings. The average Bonchev–Trinajstić information content (AvgIpc) is 2.22. The van der Waals surface area contributed by atoms with Crippen molar-refractivity contribution in [3.63, 3.8) is 0 Å². The van der Waals surface area contributed by atoms with E-state index in [-0.39, 0.29) is 24.4 Å². The number of nitrogens with one attached hydrogen (secondary N) is 1. The van der Waals surface area contributed by atoms with Crippen molar-refractivity contribution < 1.29 is 4.79 Å². The smallest absolute Gasteiger partial charge is 0.221 e. The van der Waals surface area contributed by atoms with Crippen LogP contribution in [-0.4, -0.2) is 18.5 Å². The second-order valence-electron chi connectivity index (χ2n) is 4.02. The van der Waals surface area contributed by atoms with E-state index in [1.165, 1.54) is 0 Å². The first-order valence-electron chi connectivity index (χ1n) is 5.45. The third-order valence-corrected chi connectivity index (χ3v) is 3.24. The molecule has 1 unspecified atom stereocenters. The molecule has 18 heavy (non-hydrogen) atoms. The monoisotopic (exact) mass is 354 g/mol. The number of rotatable bonds is 5. The SMILES string of the molecule is CC(N)CC(=O)NCCc1cc(Cl)ccc1Br.Cl. The number of carbonyl (C=O) groups excluding carboxylic acids is 1. The third-order valence-electron chi connectivity index (χ3n) is 2.23. The van der Waals surface area contributed by atoms with Gasteiger partial charge in [-0.15, -0.1) is 12.4 Å². The molecule has 0 aliphatic rings. The van der Waals surface area contributed by atoms with Gasteiger partial charge in [0.2, 0.25) is 5.91 Å². The molecule has 1 aromatic carbocycles. The summed E-state index contributed by atoms with van der Waals surface area (Å²) in [6, 6.07) is 5.52. The van der Waals surface area contributed by atoms with Crippen LogP contribution in [0.5, 0.6) is 0 Å². The Morgan fingerprint density at radius 1 is 1.56 bits per heavy atom. The Morgan fingerprint density at radius 2 is 2.22 bits per heavy atom. The summed E-state index contributed by atoms with van der Waals surface area (Å²) in [6.45, 7) is 2.40. The molecule has 1 aromatic rings. The van der Waals surface area contributed by atoms with Crippen LogP contribution in [0, 0.1) is 0 Å². The Labute approximate surface area is 127 Å². The highest BCUT2D eigenvalue weighted by atomic mass is 79.9. The van der Waals surface area contributed by atoms with Crippen LogP contribution in [0.2, 0.25) is 5.02 Å². The highest BCUT2D eigenvalue weighted by Crippen LogP contribution is 2.21. The molecule has 1 amide bonds. The fourth-order valence-electron chi connectivity index (χ4n) is 1.44. The lowest BCUT2D eigenvalue weighted by atomic mass is 10.1. The van der Waals surface area contributed by atoms with E-state index in [2.05, 4.69) is 21.2 Å². The highest BCUT2D eigenvalue weighted by Gasteiger charge is 2.05. The summed E-state index contributed by atoms with van der Waals surface area (Å²) >= 11 is 9.35. The van der Waals surface area contributed by atoms with Gasteiger partial charge in [0.1, 0.15) is 0 Å². The quantitative estimate of drug-likeness (QED) is 0.853. The van der Waals surface area contributed by atoms with Crippen LogP contribution in [0.4, 0.5) is 0 Å². The van der Waals surface area contributed by atoms with Gasteiger partial charge in [0.05, 0.1) is 0 Å². The van der Waals surface area contributed by atoms with Crippen molar-refractivity contribution in [2.75, 3.05) is 6.54 Å². The second-order valence-corrected chi connectivity index (χ2v) is 5.31. The Morgan fingerprint density at radius 3 is 2.83 bits per heavy atom. The van der Waals surface area contributed by atoms with E-state index in [1.807, 2.05) is 25.1 Å². The predicted molar refractivity (Wildman–Crippen MR) is 81.4 cm³/mol. The van der Waals surface area contributed by atoms with Gasteiger partial charge in [-0.3, -0.25) is 4.79 Å². The Bertz CT molecular complexity index is 400. The summed E-state index contributed by atoms with van der Waals surface area (Å²) in [7, 11) is 0. The molecule has 0 saturated carbocycles. The fraction of sp³-hybridized carbons (Fsp3) is 0.417. The van der Waals surface area contributed by atoms with Crippen LogP contribution >= 0.6 is 39.9 Å². The zero-order chi connectivity index (χ0) is 12.8. The van der Waals surface area contributed by atoms with Crippen molar-refractivity contribution in [1.82, 2.24) is 5.32 Å². The number of carbonyl (C=O) groups is 1. The summed E-state index contributed by atoms with van der Waals surface area (Å²) < 4.78 is 1.00. The van der Waals surface area contributed by atoms with Crippen LogP contribution in [0.15, 0.2) is 22.7 Å². The second kappa shape index (κ2) is 8.75. The van der Waals surface area contributed by atoms with Gasteiger partial charge in [-0.25, -0.2) is 0 Å². The number of benzene rings is 1. The molecule has 102 valence electrons. The molecule has 0 saturated heterocycles. The maximum absolute atomic E-state index is 11.4. The van der Waals surface area contributed by atoms with Crippen molar-refractivity contribution in [3.8, 4) is 0 Å². The minimum atomic E-state index is -0.104. The van der Waals surface area contributed by atoms with E-state index in [9.17, 15) is 4.79 Å². The van der Waals surface area contributed by atoms with E-state index in [1.54, 1.807) is 0 Å². The molecule has 1 atom stereocenters. The van der Waals surface area contributed by atoms with E-state index < -0.39 is 0 Å². The zero-order valence-corrected chi connectivity index (χ0v) is 13.2. The Hall–Kier alpha value is -0.290. The van der Waals surface area contributed by atoms with Crippen molar-refractivity contribution in [2.24, 2.45) is 5.73 Å². The summed E-state index contributed by atoms with van der Waals surface area (Å²) in [5.74, 6) is -0.0156. The van der Waals surface area contributed by atoms with Gasteiger partial charge in [-0.05, 0) is 37.1 Å². The average molecular weight is 356 g/mol. The van der Waals surface area contributed by atoms with Crippen LogP contribution in [-0.2, 0) is 11.2 Å². The number of hydrogen-bond donors (Lipinski definition) is 2. The minimum Gasteiger partial charge on any atom is -0.356 e. The van der Waals surface area contributed by atoms with Crippen LogP contribution < -0.4 is 11.1 Å². The van der Waals surface area contributed by atoms with Crippen LogP contribution in [0.1, 0.15) is 18.9 Å². The number of nitrogens with two attached hydrogens (primary N) is 1. The molecule has 0 heterocycles. The molecule has 6 heteroatoms. The lowest BCUT2D eigenvalue weighted by Crippen LogP contribution is -2.31. The number of amides is 1. The number of halogens is 3. The Balaban J connectivity index is 0.00000289. The topological polar surface area (TPSA) is 55.1 Å². The first-order valence-corrected chi connectivity index (χ1v) is 6.62. The predicted octanol–water partition coefficient (Wildman–Crippen LogP) is 2.92. The van der Waals surface area contributed by atoms with Gasteiger partial charge in [0.25, 0.3) is 0 Å². The summed E-state index contributed by atoms with van der Waals surface area (Å²) in [6.07, 6.45) is 1.10. The lowest BCUT2D eigenvalue weighted by molar-refractivity contribution is -0.121. The van der Waals surface area contributed by atoms with Gasteiger partial charge in [0, 0.05) is 28.5 Å². The molecular weight excluding hydrogens is 339 g/mol.